The first kappa shape index (κ1) is 36.5. The smallest absolute Gasteiger partial charge is 0.662 e. The molecule has 0 aromatic rings. The number of carbonyl (C=O) groups is 2. The summed E-state index contributed by atoms with van der Waals surface area (Å²) in [6, 6.07) is 0.997. The molecule has 4 saturated heterocycles. The van der Waals surface area contributed by atoms with Crippen molar-refractivity contribution in [2.24, 2.45) is 46.0 Å². The van der Waals surface area contributed by atoms with Crippen LogP contribution in [0.3, 0.4) is 0 Å². The number of carbonyl (C=O) groups excluding carboxylic acids is 2. The molecular weight excluding hydrogens is 583 g/mol. The maximum absolute atomic E-state index is 10.5. The third kappa shape index (κ3) is 13.3. The Morgan fingerprint density at radius 1 is 0.564 bits per heavy atom. The van der Waals surface area contributed by atoms with E-state index in [0.29, 0.717) is 22.9 Å². The number of piperidine rings is 4. The zero-order valence-electron chi connectivity index (χ0n) is 25.4. The van der Waals surface area contributed by atoms with Gasteiger partial charge in [-0.25, -0.2) is 0 Å². The first-order valence-electron chi connectivity index (χ1n) is 15.0. The van der Waals surface area contributed by atoms with Crippen LogP contribution in [0, 0.1) is 34.5 Å². The van der Waals surface area contributed by atoms with E-state index < -0.39 is 0 Å². The number of primary amides is 2. The minimum Gasteiger partial charge on any atom is -0.662 e. The van der Waals surface area contributed by atoms with Gasteiger partial charge in [0, 0.05) is 11.8 Å². The molecule has 0 aliphatic carbocycles. The van der Waals surface area contributed by atoms with Gasteiger partial charge in [-0.1, -0.05) is 92.9 Å². The number of hydrogen-bond donors (Lipinski definition) is 2. The maximum Gasteiger partial charge on any atom is 2.00 e. The largest absolute Gasteiger partial charge is 2.00 e. The van der Waals surface area contributed by atoms with E-state index in [-0.39, 0.29) is 44.1 Å². The summed E-state index contributed by atoms with van der Waals surface area (Å²) in [5.41, 5.74) is 11.0. The zero-order valence-corrected chi connectivity index (χ0v) is 27.0. The van der Waals surface area contributed by atoms with E-state index in [1.54, 1.807) is 0 Å². The predicted molar refractivity (Wildman–Crippen MR) is 158 cm³/mol. The summed E-state index contributed by atoms with van der Waals surface area (Å²) in [6.07, 6.45) is 8.49. The molecule has 4 fully saturated rings. The molecule has 230 valence electrons. The van der Waals surface area contributed by atoms with Gasteiger partial charge in [0.1, 0.15) is 0 Å². The van der Waals surface area contributed by atoms with Crippen molar-refractivity contribution >= 4 is 11.8 Å². The third-order valence-electron chi connectivity index (χ3n) is 8.98. The Labute approximate surface area is 252 Å². The topological polar surface area (TPSA) is 143 Å². The van der Waals surface area contributed by atoms with Crippen LogP contribution in [-0.2, 0) is 30.0 Å². The van der Waals surface area contributed by atoms with Gasteiger partial charge in [0.2, 0.25) is 11.8 Å². The van der Waals surface area contributed by atoms with E-state index in [4.69, 9.17) is 22.1 Å². The Hall–Kier alpha value is -0.558. The molecule has 4 rings (SSSR count). The van der Waals surface area contributed by atoms with Gasteiger partial charge in [-0.05, 0) is 22.7 Å². The summed E-state index contributed by atoms with van der Waals surface area (Å²) in [5, 5.41) is 18.1. The molecule has 9 heteroatoms. The molecule has 4 atom stereocenters. The summed E-state index contributed by atoms with van der Waals surface area (Å²) in [5.74, 6) is 1.50. The molecule has 0 spiro atoms. The SMILES string of the molecule is CC(C)(C)C1CC[N-]C(C2CC(C(C)(C)C)CC[N-]2)C1.NC(=O)C1CC[N-]CC1.NC(=O)C1CC[N-]CC1.[Pd+2]. The van der Waals surface area contributed by atoms with Crippen molar-refractivity contribution in [3.8, 4) is 0 Å². The molecule has 0 aromatic heterocycles. The van der Waals surface area contributed by atoms with Crippen molar-refractivity contribution in [2.75, 3.05) is 39.3 Å². The molecule has 4 aliphatic heterocycles. The molecular formula is C30H56N6O2Pd-2. The molecule has 4 N–H and O–H groups in total. The predicted octanol–water partition coefficient (Wildman–Crippen LogP) is 5.89. The normalized spacial score (nSPS) is 29.0. The molecule has 0 radical (unpaired) electrons. The second-order valence-electron chi connectivity index (χ2n) is 13.8. The van der Waals surface area contributed by atoms with Crippen LogP contribution in [-0.4, -0.2) is 63.2 Å². The van der Waals surface area contributed by atoms with E-state index in [0.717, 1.165) is 76.8 Å². The van der Waals surface area contributed by atoms with E-state index >= 15 is 0 Å². The summed E-state index contributed by atoms with van der Waals surface area (Å²) in [6.45, 7) is 19.7. The van der Waals surface area contributed by atoms with E-state index in [1.807, 2.05) is 0 Å². The quantitative estimate of drug-likeness (QED) is 0.372. The monoisotopic (exact) mass is 638 g/mol. The Kier molecular flexibility index (Phi) is 16.3. The van der Waals surface area contributed by atoms with Gasteiger partial charge in [0.15, 0.2) is 0 Å². The van der Waals surface area contributed by atoms with Crippen molar-refractivity contribution in [2.45, 2.75) is 105 Å². The number of rotatable bonds is 3. The molecule has 4 heterocycles. The van der Waals surface area contributed by atoms with Gasteiger partial charge in [-0.3, -0.25) is 9.59 Å². The Morgan fingerprint density at radius 3 is 1.10 bits per heavy atom. The fourth-order valence-corrected chi connectivity index (χ4v) is 5.96. The van der Waals surface area contributed by atoms with E-state index in [9.17, 15) is 9.59 Å². The van der Waals surface area contributed by atoms with Crippen LogP contribution < -0.4 is 11.5 Å². The van der Waals surface area contributed by atoms with Crippen LogP contribution in [0.15, 0.2) is 0 Å². The van der Waals surface area contributed by atoms with Crippen molar-refractivity contribution in [3.63, 3.8) is 0 Å². The zero-order chi connectivity index (χ0) is 28.3. The standard InChI is InChI=1S/C18H34N2.2C6H11N2O.Pd/c1-17(2,3)13-7-9-19-15(11-13)16-12-14(8-10-20-16)18(4,5)6;2*7-6(9)5-1-3-8-4-2-5;/h13-16H,7-12H2,1-6H3;2*5H,1-4H2,(H2,7,9);/q-2;2*-1;+2. The van der Waals surface area contributed by atoms with Crippen LogP contribution in [0.25, 0.3) is 21.3 Å². The van der Waals surface area contributed by atoms with Crippen molar-refractivity contribution in [3.05, 3.63) is 21.3 Å². The Bertz CT molecular complexity index is 651. The molecule has 0 aromatic carbocycles. The fourth-order valence-electron chi connectivity index (χ4n) is 5.96. The van der Waals surface area contributed by atoms with Gasteiger partial charge < -0.3 is 32.7 Å². The van der Waals surface area contributed by atoms with E-state index in [1.165, 1.54) is 25.7 Å². The van der Waals surface area contributed by atoms with Crippen LogP contribution in [0.1, 0.15) is 92.9 Å². The molecule has 39 heavy (non-hydrogen) atoms. The summed E-state index contributed by atoms with van der Waals surface area (Å²) in [4.78, 5) is 21.1. The number of nitrogens with two attached hydrogens (primary N) is 2. The van der Waals surface area contributed by atoms with E-state index in [2.05, 4.69) is 52.2 Å². The van der Waals surface area contributed by atoms with Crippen molar-refractivity contribution < 1.29 is 30.0 Å². The summed E-state index contributed by atoms with van der Waals surface area (Å²) >= 11 is 0. The number of nitrogens with zero attached hydrogens (tertiary/aromatic N) is 4. The van der Waals surface area contributed by atoms with Gasteiger partial charge in [-0.2, -0.15) is 12.1 Å². The minimum absolute atomic E-state index is 0. The van der Waals surface area contributed by atoms with Gasteiger partial charge in [0.05, 0.1) is 0 Å². The molecule has 4 unspecified atom stereocenters. The minimum atomic E-state index is -0.162. The molecule has 8 nitrogen and oxygen atoms in total. The van der Waals surface area contributed by atoms with Crippen LogP contribution in [0.5, 0.6) is 0 Å². The average Bonchev–Trinajstić information content (AvgIpc) is 2.89. The molecule has 2 amide bonds. The number of amides is 2. The van der Waals surface area contributed by atoms with Gasteiger partial charge >= 0.3 is 20.4 Å². The molecule has 4 aliphatic rings. The summed E-state index contributed by atoms with van der Waals surface area (Å²) in [7, 11) is 0. The van der Waals surface area contributed by atoms with Crippen molar-refractivity contribution in [1.29, 1.82) is 0 Å². The van der Waals surface area contributed by atoms with Crippen LogP contribution in [0.2, 0.25) is 0 Å². The van der Waals surface area contributed by atoms with Crippen molar-refractivity contribution in [1.82, 2.24) is 0 Å². The Balaban J connectivity index is 0.000000333. The van der Waals surface area contributed by atoms with Gasteiger partial charge in [0.25, 0.3) is 0 Å². The first-order valence-corrected chi connectivity index (χ1v) is 15.0. The second-order valence-corrected chi connectivity index (χ2v) is 13.8. The fraction of sp³-hybridized carbons (Fsp3) is 0.933. The second kappa shape index (κ2) is 17.4. The third-order valence-corrected chi connectivity index (χ3v) is 8.98. The molecule has 0 bridgehead atoms. The molecule has 0 saturated carbocycles. The van der Waals surface area contributed by atoms with Crippen LogP contribution >= 0.6 is 0 Å². The van der Waals surface area contributed by atoms with Crippen LogP contribution in [0.4, 0.5) is 0 Å². The first-order chi connectivity index (χ1) is 17.8. The average molecular weight is 639 g/mol. The maximum atomic E-state index is 10.5. The van der Waals surface area contributed by atoms with Gasteiger partial charge in [-0.15, -0.1) is 39.3 Å². The Morgan fingerprint density at radius 2 is 0.872 bits per heavy atom. The number of hydrogen-bond acceptors (Lipinski definition) is 2. The summed E-state index contributed by atoms with van der Waals surface area (Å²) < 4.78 is 0.